The molecule has 0 atom stereocenters. The molecule has 0 aliphatic rings. The summed E-state index contributed by atoms with van der Waals surface area (Å²) in [5, 5.41) is 16.3. The molecular formula is C13H13N3O4S. The third-order valence-corrected chi connectivity index (χ3v) is 3.54. The lowest BCUT2D eigenvalue weighted by atomic mass is 10.1. The molecule has 0 saturated carbocycles. The highest BCUT2D eigenvalue weighted by Gasteiger charge is 2.17. The fourth-order valence-corrected chi connectivity index (χ4v) is 2.32. The molecule has 8 heteroatoms. The van der Waals surface area contributed by atoms with Crippen molar-refractivity contribution in [1.82, 2.24) is 4.98 Å². The third-order valence-electron chi connectivity index (χ3n) is 2.72. The summed E-state index contributed by atoms with van der Waals surface area (Å²) in [6, 6.07) is 4.15. The van der Waals surface area contributed by atoms with Crippen LogP contribution in [0.25, 0.3) is 0 Å². The maximum absolute atomic E-state index is 11.9. The van der Waals surface area contributed by atoms with Crippen molar-refractivity contribution in [3.05, 3.63) is 50.0 Å². The fraction of sp³-hybridized carbons (Fsp3) is 0.231. The number of aryl methyl sites for hydroxylation is 1. The van der Waals surface area contributed by atoms with Gasteiger partial charge >= 0.3 is 5.97 Å². The second-order valence-electron chi connectivity index (χ2n) is 4.17. The minimum absolute atomic E-state index is 0.0464. The Morgan fingerprint density at radius 3 is 2.86 bits per heavy atom. The Kier molecular flexibility index (Phi) is 4.49. The van der Waals surface area contributed by atoms with E-state index in [0.717, 1.165) is 5.01 Å². The van der Waals surface area contributed by atoms with Gasteiger partial charge in [0.2, 0.25) is 0 Å². The van der Waals surface area contributed by atoms with E-state index in [1.165, 1.54) is 29.5 Å². The lowest BCUT2D eigenvalue weighted by molar-refractivity contribution is -0.384. The van der Waals surface area contributed by atoms with E-state index in [2.05, 4.69) is 10.3 Å². The van der Waals surface area contributed by atoms with Gasteiger partial charge in [-0.1, -0.05) is 0 Å². The number of nitro groups is 1. The van der Waals surface area contributed by atoms with Gasteiger partial charge in [-0.15, -0.1) is 11.3 Å². The lowest BCUT2D eigenvalue weighted by Crippen LogP contribution is -2.07. The highest BCUT2D eigenvalue weighted by atomic mass is 32.1. The normalized spacial score (nSPS) is 10.2. The number of esters is 1. The van der Waals surface area contributed by atoms with Crippen molar-refractivity contribution in [2.45, 2.75) is 13.5 Å². The summed E-state index contributed by atoms with van der Waals surface area (Å²) in [4.78, 5) is 26.5. The van der Waals surface area contributed by atoms with Crippen LogP contribution in [0.2, 0.25) is 0 Å². The first-order chi connectivity index (χ1) is 10.0. The molecule has 2 rings (SSSR count). The van der Waals surface area contributed by atoms with Crippen LogP contribution in [-0.4, -0.2) is 22.9 Å². The molecule has 0 saturated heterocycles. The number of carbonyl (C=O) groups excluding carboxylic acids is 1. The Morgan fingerprint density at radius 1 is 1.52 bits per heavy atom. The van der Waals surface area contributed by atoms with Gasteiger partial charge < -0.3 is 10.1 Å². The second kappa shape index (κ2) is 6.31. The van der Waals surface area contributed by atoms with Gasteiger partial charge in [-0.05, 0) is 19.1 Å². The Morgan fingerprint density at radius 2 is 2.29 bits per heavy atom. The molecule has 0 amide bonds. The SMILES string of the molecule is CNc1ccc(C(=O)OCc2csc(C)n2)cc1[N+](=O)[O-]. The van der Waals surface area contributed by atoms with Crippen molar-refractivity contribution in [3.63, 3.8) is 0 Å². The van der Waals surface area contributed by atoms with Crippen molar-refractivity contribution < 1.29 is 14.5 Å². The summed E-state index contributed by atoms with van der Waals surface area (Å²) in [7, 11) is 1.57. The number of anilines is 1. The Bertz CT molecular complexity index is 684. The lowest BCUT2D eigenvalue weighted by Gasteiger charge is -2.05. The first-order valence-corrected chi connectivity index (χ1v) is 6.93. The molecular weight excluding hydrogens is 294 g/mol. The second-order valence-corrected chi connectivity index (χ2v) is 5.24. The topological polar surface area (TPSA) is 94.4 Å². The highest BCUT2D eigenvalue weighted by molar-refractivity contribution is 7.09. The number of thiazole rings is 1. The summed E-state index contributed by atoms with van der Waals surface area (Å²) in [5.74, 6) is -0.619. The molecule has 1 aromatic heterocycles. The van der Waals surface area contributed by atoms with Gasteiger partial charge in [0, 0.05) is 18.5 Å². The first kappa shape index (κ1) is 14.9. The molecule has 0 aliphatic carbocycles. The van der Waals surface area contributed by atoms with Gasteiger partial charge in [0.25, 0.3) is 5.69 Å². The Balaban J connectivity index is 2.12. The van der Waals surface area contributed by atoms with Crippen LogP contribution in [0.3, 0.4) is 0 Å². The van der Waals surface area contributed by atoms with Crippen molar-refractivity contribution in [1.29, 1.82) is 0 Å². The summed E-state index contributed by atoms with van der Waals surface area (Å²) >= 11 is 1.46. The molecule has 2 aromatic rings. The van der Waals surface area contributed by atoms with E-state index in [1.54, 1.807) is 12.4 Å². The van der Waals surface area contributed by atoms with E-state index in [0.29, 0.717) is 11.4 Å². The molecule has 1 aromatic carbocycles. The van der Waals surface area contributed by atoms with Gasteiger partial charge in [-0.3, -0.25) is 10.1 Å². The smallest absolute Gasteiger partial charge is 0.338 e. The molecule has 0 radical (unpaired) electrons. The van der Waals surface area contributed by atoms with Crippen LogP contribution >= 0.6 is 11.3 Å². The standard InChI is InChI=1S/C13H13N3O4S/c1-8-15-10(7-21-8)6-20-13(17)9-3-4-11(14-2)12(5-9)16(18)19/h3-5,7,14H,6H2,1-2H3. The van der Waals surface area contributed by atoms with E-state index in [1.807, 2.05) is 6.92 Å². The molecule has 0 unspecified atom stereocenters. The number of nitro benzene ring substituents is 1. The van der Waals surface area contributed by atoms with Crippen LogP contribution in [0.5, 0.6) is 0 Å². The zero-order valence-electron chi connectivity index (χ0n) is 11.5. The number of carbonyl (C=O) groups is 1. The minimum atomic E-state index is -0.619. The number of hydrogen-bond donors (Lipinski definition) is 1. The van der Waals surface area contributed by atoms with E-state index in [4.69, 9.17) is 4.74 Å². The maximum Gasteiger partial charge on any atom is 0.338 e. The van der Waals surface area contributed by atoms with Gasteiger partial charge in [0.15, 0.2) is 0 Å². The third kappa shape index (κ3) is 3.54. The van der Waals surface area contributed by atoms with Crippen molar-refractivity contribution in [2.75, 3.05) is 12.4 Å². The van der Waals surface area contributed by atoms with Crippen LogP contribution in [0.4, 0.5) is 11.4 Å². The predicted molar refractivity (Wildman–Crippen MR) is 78.6 cm³/mol. The molecule has 1 heterocycles. The summed E-state index contributed by atoms with van der Waals surface area (Å²) in [5.41, 5.74) is 0.961. The number of hydrogen-bond acceptors (Lipinski definition) is 7. The molecule has 21 heavy (non-hydrogen) atoms. The Labute approximate surface area is 124 Å². The first-order valence-electron chi connectivity index (χ1n) is 6.05. The number of benzene rings is 1. The average Bonchev–Trinajstić information content (AvgIpc) is 2.89. The summed E-state index contributed by atoms with van der Waals surface area (Å²) < 4.78 is 5.10. The van der Waals surface area contributed by atoms with Crippen LogP contribution in [0.15, 0.2) is 23.6 Å². The monoisotopic (exact) mass is 307 g/mol. The quantitative estimate of drug-likeness (QED) is 0.518. The van der Waals surface area contributed by atoms with Crippen molar-refractivity contribution >= 4 is 28.7 Å². The minimum Gasteiger partial charge on any atom is -0.456 e. The molecule has 110 valence electrons. The molecule has 0 fully saturated rings. The Hall–Kier alpha value is -2.48. The fourth-order valence-electron chi connectivity index (χ4n) is 1.72. The van der Waals surface area contributed by atoms with E-state index in [9.17, 15) is 14.9 Å². The number of aromatic nitrogens is 1. The maximum atomic E-state index is 11.9. The van der Waals surface area contributed by atoms with Crippen LogP contribution < -0.4 is 5.32 Å². The molecule has 7 nitrogen and oxygen atoms in total. The van der Waals surface area contributed by atoms with Crippen LogP contribution in [0.1, 0.15) is 21.1 Å². The summed E-state index contributed by atoms with van der Waals surface area (Å²) in [6.07, 6.45) is 0. The predicted octanol–water partition coefficient (Wildman–Crippen LogP) is 2.76. The van der Waals surface area contributed by atoms with E-state index in [-0.39, 0.29) is 17.9 Å². The zero-order chi connectivity index (χ0) is 15.4. The molecule has 0 aliphatic heterocycles. The number of nitrogens with zero attached hydrogens (tertiary/aromatic N) is 2. The average molecular weight is 307 g/mol. The van der Waals surface area contributed by atoms with Gasteiger partial charge in [0.05, 0.1) is 21.2 Å². The summed E-state index contributed by atoms with van der Waals surface area (Å²) in [6.45, 7) is 1.90. The van der Waals surface area contributed by atoms with Gasteiger partial charge in [0.1, 0.15) is 12.3 Å². The van der Waals surface area contributed by atoms with E-state index < -0.39 is 10.9 Å². The van der Waals surface area contributed by atoms with E-state index >= 15 is 0 Å². The van der Waals surface area contributed by atoms with Crippen LogP contribution in [-0.2, 0) is 11.3 Å². The molecule has 0 spiro atoms. The number of nitrogens with one attached hydrogen (secondary N) is 1. The van der Waals surface area contributed by atoms with Gasteiger partial charge in [-0.25, -0.2) is 9.78 Å². The molecule has 0 bridgehead atoms. The molecule has 1 N–H and O–H groups in total. The van der Waals surface area contributed by atoms with Crippen molar-refractivity contribution in [2.24, 2.45) is 0 Å². The number of rotatable bonds is 5. The van der Waals surface area contributed by atoms with Crippen LogP contribution in [0, 0.1) is 17.0 Å². The highest BCUT2D eigenvalue weighted by Crippen LogP contribution is 2.25. The number of ether oxygens (including phenoxy) is 1. The van der Waals surface area contributed by atoms with Crippen molar-refractivity contribution in [3.8, 4) is 0 Å². The zero-order valence-corrected chi connectivity index (χ0v) is 12.3. The van der Waals surface area contributed by atoms with Gasteiger partial charge in [-0.2, -0.15) is 0 Å². The largest absolute Gasteiger partial charge is 0.456 e.